The molecule has 17 heavy (non-hydrogen) atoms. The normalized spacial score (nSPS) is 18.5. The molecular weight excluding hydrogens is 212 g/mol. The summed E-state index contributed by atoms with van der Waals surface area (Å²) < 4.78 is 5.17. The quantitative estimate of drug-likeness (QED) is 0.500. The van der Waals surface area contributed by atoms with Crippen LogP contribution in [0, 0.1) is 11.8 Å². The molecule has 0 atom stereocenters. The van der Waals surface area contributed by atoms with Crippen LogP contribution in [0.25, 0.3) is 6.08 Å². The van der Waals surface area contributed by atoms with Crippen LogP contribution in [0.5, 0.6) is 0 Å². The Morgan fingerprint density at radius 2 is 1.94 bits per heavy atom. The molecule has 0 fully saturated rings. The summed E-state index contributed by atoms with van der Waals surface area (Å²) in [6.45, 7) is 0.384. The summed E-state index contributed by atoms with van der Waals surface area (Å²) in [7, 11) is 0. The van der Waals surface area contributed by atoms with E-state index in [1.807, 2.05) is 30.4 Å². The van der Waals surface area contributed by atoms with E-state index in [1.165, 1.54) is 0 Å². The molecule has 84 valence electrons. The van der Waals surface area contributed by atoms with E-state index in [0.29, 0.717) is 18.6 Å². The van der Waals surface area contributed by atoms with Crippen LogP contribution < -0.4 is 0 Å². The van der Waals surface area contributed by atoms with Crippen molar-refractivity contribution in [3.8, 4) is 11.8 Å². The fraction of sp³-hybridized carbons (Fsp3) is 0.133. The highest BCUT2D eigenvalue weighted by atomic mass is 16.5. The van der Waals surface area contributed by atoms with Crippen molar-refractivity contribution in [2.45, 2.75) is 6.42 Å². The first-order valence-electron chi connectivity index (χ1n) is 5.47. The molecule has 0 spiro atoms. The molecule has 0 N–H and O–H groups in total. The van der Waals surface area contributed by atoms with Gasteiger partial charge in [-0.25, -0.2) is 4.79 Å². The van der Waals surface area contributed by atoms with E-state index in [-0.39, 0.29) is 5.97 Å². The van der Waals surface area contributed by atoms with Crippen molar-refractivity contribution < 1.29 is 9.53 Å². The van der Waals surface area contributed by atoms with E-state index >= 15 is 0 Å². The zero-order chi connectivity index (χ0) is 11.9. The Balaban J connectivity index is 2.37. The fourth-order valence-electron chi connectivity index (χ4n) is 1.50. The number of esters is 1. The lowest BCUT2D eigenvalue weighted by Crippen LogP contribution is -2.07. The highest BCUT2D eigenvalue weighted by molar-refractivity contribution is 5.93. The third-order valence-corrected chi connectivity index (χ3v) is 2.33. The predicted octanol–water partition coefficient (Wildman–Crippen LogP) is 2.82. The van der Waals surface area contributed by atoms with Crippen molar-refractivity contribution in [3.05, 3.63) is 53.6 Å². The highest BCUT2D eigenvalue weighted by Gasteiger charge is 2.09. The van der Waals surface area contributed by atoms with Crippen LogP contribution >= 0.6 is 0 Å². The van der Waals surface area contributed by atoms with Gasteiger partial charge in [-0.05, 0) is 29.9 Å². The van der Waals surface area contributed by atoms with Gasteiger partial charge in [-0.3, -0.25) is 0 Å². The number of ether oxygens (including phenoxy) is 1. The molecule has 1 aliphatic rings. The van der Waals surface area contributed by atoms with Crippen LogP contribution in [0.15, 0.2) is 42.5 Å². The molecule has 0 bridgehead atoms. The average molecular weight is 224 g/mol. The number of hydrogen-bond donors (Lipinski definition) is 0. The monoisotopic (exact) mass is 224 g/mol. The fourth-order valence-corrected chi connectivity index (χ4v) is 1.50. The lowest BCUT2D eigenvalue weighted by atomic mass is 10.1. The Kier molecular flexibility index (Phi) is 3.77. The van der Waals surface area contributed by atoms with Crippen molar-refractivity contribution in [1.29, 1.82) is 0 Å². The van der Waals surface area contributed by atoms with E-state index in [4.69, 9.17) is 4.74 Å². The minimum Gasteiger partial charge on any atom is -0.462 e. The summed E-state index contributed by atoms with van der Waals surface area (Å²) in [5.74, 6) is 5.49. The first-order chi connectivity index (χ1) is 8.38. The van der Waals surface area contributed by atoms with Crippen molar-refractivity contribution in [3.63, 3.8) is 0 Å². The first kappa shape index (κ1) is 11.2. The summed E-state index contributed by atoms with van der Waals surface area (Å²) in [6, 6.07) is 7.34. The smallest absolute Gasteiger partial charge is 0.338 e. The molecule has 1 aromatic carbocycles. The SMILES string of the molecule is O=C1OCC/C=C\C#C/C=C/c2ccccc21. The van der Waals surface area contributed by atoms with Crippen molar-refractivity contribution in [2.24, 2.45) is 0 Å². The van der Waals surface area contributed by atoms with Crippen molar-refractivity contribution in [2.75, 3.05) is 6.61 Å². The summed E-state index contributed by atoms with van der Waals surface area (Å²) in [5.41, 5.74) is 1.41. The molecule has 1 aliphatic heterocycles. The van der Waals surface area contributed by atoms with Crippen LogP contribution in [0.4, 0.5) is 0 Å². The number of carbonyl (C=O) groups is 1. The van der Waals surface area contributed by atoms with Crippen LogP contribution in [0.2, 0.25) is 0 Å². The van der Waals surface area contributed by atoms with Crippen molar-refractivity contribution in [1.82, 2.24) is 0 Å². The van der Waals surface area contributed by atoms with Gasteiger partial charge in [0.1, 0.15) is 0 Å². The molecule has 0 aliphatic carbocycles. The van der Waals surface area contributed by atoms with Gasteiger partial charge in [-0.1, -0.05) is 36.1 Å². The number of fused-ring (bicyclic) bond motifs is 1. The van der Waals surface area contributed by atoms with Crippen molar-refractivity contribution >= 4 is 12.0 Å². The Morgan fingerprint density at radius 3 is 2.88 bits per heavy atom. The maximum Gasteiger partial charge on any atom is 0.338 e. The first-order valence-corrected chi connectivity index (χ1v) is 5.47. The third-order valence-electron chi connectivity index (χ3n) is 2.33. The topological polar surface area (TPSA) is 26.3 Å². The molecular formula is C15H12O2. The number of benzene rings is 1. The number of cyclic esters (lactones) is 1. The molecule has 0 amide bonds. The van der Waals surface area contributed by atoms with Gasteiger partial charge in [0, 0.05) is 6.42 Å². The van der Waals surface area contributed by atoms with Crippen LogP contribution in [-0.2, 0) is 4.74 Å². The van der Waals surface area contributed by atoms with Gasteiger partial charge in [0.2, 0.25) is 0 Å². The Labute approximate surface area is 101 Å². The lowest BCUT2D eigenvalue weighted by Gasteiger charge is -2.06. The second-order valence-electron chi connectivity index (χ2n) is 3.54. The standard InChI is InChI=1S/C15H12O2/c16-15-14-11-7-6-10-13(14)9-5-3-1-2-4-8-12-17-15/h2,4-7,9-11H,8,12H2/b4-2-,9-5+. The van der Waals surface area contributed by atoms with Gasteiger partial charge in [0.25, 0.3) is 0 Å². The predicted molar refractivity (Wildman–Crippen MR) is 67.3 cm³/mol. The summed E-state index contributed by atoms with van der Waals surface area (Å²) in [4.78, 5) is 11.8. The molecule has 1 heterocycles. The van der Waals surface area contributed by atoms with Gasteiger partial charge in [0.15, 0.2) is 0 Å². The molecule has 2 heteroatoms. The summed E-state index contributed by atoms with van der Waals surface area (Å²) in [6.07, 6.45) is 7.90. The molecule has 1 aromatic rings. The average Bonchev–Trinajstić information content (AvgIpc) is 2.35. The third kappa shape index (κ3) is 3.09. The van der Waals surface area contributed by atoms with Gasteiger partial charge in [-0.2, -0.15) is 0 Å². The second-order valence-corrected chi connectivity index (χ2v) is 3.54. The molecule has 0 aromatic heterocycles. The maximum atomic E-state index is 11.8. The van der Waals surface area contributed by atoms with E-state index in [9.17, 15) is 4.79 Å². The maximum absolute atomic E-state index is 11.8. The minimum absolute atomic E-state index is 0.285. The zero-order valence-electron chi connectivity index (χ0n) is 9.35. The van der Waals surface area contributed by atoms with Gasteiger partial charge in [0.05, 0.1) is 12.2 Å². The number of allylic oxidation sites excluding steroid dienone is 2. The lowest BCUT2D eigenvalue weighted by molar-refractivity contribution is 0.0511. The highest BCUT2D eigenvalue weighted by Crippen LogP contribution is 2.12. The molecule has 0 saturated heterocycles. The van der Waals surface area contributed by atoms with E-state index in [0.717, 1.165) is 5.56 Å². The van der Waals surface area contributed by atoms with Crippen LogP contribution in [-0.4, -0.2) is 12.6 Å². The Hall–Kier alpha value is -2.27. The molecule has 0 saturated carbocycles. The van der Waals surface area contributed by atoms with E-state index < -0.39 is 0 Å². The number of rotatable bonds is 0. The van der Waals surface area contributed by atoms with Gasteiger partial charge < -0.3 is 4.74 Å². The summed E-state index contributed by atoms with van der Waals surface area (Å²) in [5, 5.41) is 0. The van der Waals surface area contributed by atoms with E-state index in [1.54, 1.807) is 18.2 Å². The van der Waals surface area contributed by atoms with Crippen LogP contribution in [0.1, 0.15) is 22.3 Å². The molecule has 2 rings (SSSR count). The minimum atomic E-state index is -0.285. The van der Waals surface area contributed by atoms with Gasteiger partial charge in [-0.15, -0.1) is 0 Å². The molecule has 0 unspecified atom stereocenters. The van der Waals surface area contributed by atoms with E-state index in [2.05, 4.69) is 11.8 Å². The number of hydrogen-bond acceptors (Lipinski definition) is 2. The van der Waals surface area contributed by atoms with Crippen LogP contribution in [0.3, 0.4) is 0 Å². The second kappa shape index (κ2) is 5.72. The Morgan fingerprint density at radius 1 is 1.12 bits per heavy atom. The van der Waals surface area contributed by atoms with Gasteiger partial charge >= 0.3 is 5.97 Å². The molecule has 2 nitrogen and oxygen atoms in total. The zero-order valence-corrected chi connectivity index (χ0v) is 9.35. The molecule has 0 radical (unpaired) electrons. The summed E-state index contributed by atoms with van der Waals surface area (Å²) >= 11 is 0. The Bertz CT molecular complexity index is 527. The largest absolute Gasteiger partial charge is 0.462 e. The number of carbonyl (C=O) groups excluding carboxylic acids is 1.